The molecule has 0 saturated carbocycles. The Labute approximate surface area is 147 Å². The molecule has 0 fully saturated rings. The van der Waals surface area contributed by atoms with Crippen molar-refractivity contribution in [1.82, 2.24) is 4.98 Å². The summed E-state index contributed by atoms with van der Waals surface area (Å²) in [5.74, 6) is 0.604. The molecule has 1 N–H and O–H groups in total. The predicted octanol–water partition coefficient (Wildman–Crippen LogP) is 5.33. The van der Waals surface area contributed by atoms with Crippen molar-refractivity contribution in [1.29, 1.82) is 0 Å². The van der Waals surface area contributed by atoms with Crippen molar-refractivity contribution in [2.24, 2.45) is 0 Å². The highest BCUT2D eigenvalue weighted by molar-refractivity contribution is 6.30. The second-order valence-corrected chi connectivity index (χ2v) is 5.94. The summed E-state index contributed by atoms with van der Waals surface area (Å²) < 4.78 is 5.92. The summed E-state index contributed by atoms with van der Waals surface area (Å²) in [5.41, 5.74) is 5.28. The number of pyridine rings is 1. The molecule has 3 rings (SSSR count). The van der Waals surface area contributed by atoms with E-state index in [2.05, 4.69) is 23.3 Å². The normalized spacial score (nSPS) is 10.5. The molecular formula is C20H19ClN2O. The number of ether oxygens (including phenoxy) is 1. The molecule has 122 valence electrons. The number of nitrogens with one attached hydrogen (secondary N) is 1. The largest absolute Gasteiger partial charge is 0.473 e. The lowest BCUT2D eigenvalue weighted by Gasteiger charge is -2.13. The number of benzene rings is 2. The van der Waals surface area contributed by atoms with Gasteiger partial charge in [0.25, 0.3) is 0 Å². The zero-order valence-electron chi connectivity index (χ0n) is 13.7. The van der Waals surface area contributed by atoms with Crippen LogP contribution in [0.2, 0.25) is 5.02 Å². The lowest BCUT2D eigenvalue weighted by atomic mass is 10.1. The lowest BCUT2D eigenvalue weighted by Crippen LogP contribution is -2.04. The van der Waals surface area contributed by atoms with Crippen LogP contribution < -0.4 is 10.1 Å². The van der Waals surface area contributed by atoms with E-state index in [9.17, 15) is 0 Å². The highest BCUT2D eigenvalue weighted by Gasteiger charge is 2.07. The third-order valence-corrected chi connectivity index (χ3v) is 4.16. The second kappa shape index (κ2) is 7.37. The molecule has 3 aromatic rings. The minimum absolute atomic E-state index is 0.472. The molecule has 1 heterocycles. The molecule has 0 radical (unpaired) electrons. The van der Waals surface area contributed by atoms with Crippen molar-refractivity contribution in [3.05, 3.63) is 76.8 Å². The van der Waals surface area contributed by atoms with Gasteiger partial charge in [0.2, 0.25) is 5.88 Å². The molecular weight excluding hydrogens is 320 g/mol. The lowest BCUT2D eigenvalue weighted by molar-refractivity contribution is 0.294. The molecule has 24 heavy (non-hydrogen) atoms. The molecule has 0 atom stereocenters. The SMILES string of the molecule is CNc1cccc(C)c1COc1cccc(-c2ccc(Cl)cc2)n1. The Hall–Kier alpha value is -2.52. The first kappa shape index (κ1) is 16.3. The van der Waals surface area contributed by atoms with Crippen LogP contribution in [0.3, 0.4) is 0 Å². The second-order valence-electron chi connectivity index (χ2n) is 5.51. The van der Waals surface area contributed by atoms with E-state index in [1.165, 1.54) is 5.56 Å². The molecule has 4 heteroatoms. The van der Waals surface area contributed by atoms with Gasteiger partial charge in [0.05, 0.1) is 5.69 Å². The van der Waals surface area contributed by atoms with Crippen molar-refractivity contribution < 1.29 is 4.74 Å². The van der Waals surface area contributed by atoms with Gasteiger partial charge in [-0.2, -0.15) is 0 Å². The van der Waals surface area contributed by atoms with Gasteiger partial charge < -0.3 is 10.1 Å². The average molecular weight is 339 g/mol. The van der Waals surface area contributed by atoms with Gasteiger partial charge in [-0.05, 0) is 36.8 Å². The Balaban J connectivity index is 1.80. The Morgan fingerprint density at radius 2 is 1.75 bits per heavy atom. The van der Waals surface area contributed by atoms with E-state index in [1.807, 2.05) is 61.6 Å². The molecule has 0 aliphatic heterocycles. The molecule has 0 unspecified atom stereocenters. The fourth-order valence-corrected chi connectivity index (χ4v) is 2.68. The summed E-state index contributed by atoms with van der Waals surface area (Å²) in [6, 6.07) is 19.6. The van der Waals surface area contributed by atoms with Crippen molar-refractivity contribution in [3.63, 3.8) is 0 Å². The number of halogens is 1. The molecule has 2 aromatic carbocycles. The van der Waals surface area contributed by atoms with Gasteiger partial charge in [-0.1, -0.05) is 41.9 Å². The van der Waals surface area contributed by atoms with Gasteiger partial charge in [-0.25, -0.2) is 4.98 Å². The van der Waals surface area contributed by atoms with Crippen LogP contribution in [0.25, 0.3) is 11.3 Å². The standard InChI is InChI=1S/C20H19ClN2O/c1-14-5-3-7-19(22-2)17(14)13-24-20-8-4-6-18(23-20)15-9-11-16(21)12-10-15/h3-12,22H,13H2,1-2H3. The summed E-state index contributed by atoms with van der Waals surface area (Å²) in [6.45, 7) is 2.55. The van der Waals surface area contributed by atoms with E-state index in [0.717, 1.165) is 22.5 Å². The van der Waals surface area contributed by atoms with Crippen LogP contribution in [-0.4, -0.2) is 12.0 Å². The smallest absolute Gasteiger partial charge is 0.214 e. The van der Waals surface area contributed by atoms with E-state index in [0.29, 0.717) is 17.5 Å². The maximum Gasteiger partial charge on any atom is 0.214 e. The first-order chi connectivity index (χ1) is 11.7. The number of aryl methyl sites for hydroxylation is 1. The summed E-state index contributed by atoms with van der Waals surface area (Å²) in [5, 5.41) is 3.92. The maximum absolute atomic E-state index is 5.94. The van der Waals surface area contributed by atoms with E-state index in [-0.39, 0.29) is 0 Å². The van der Waals surface area contributed by atoms with E-state index in [1.54, 1.807) is 0 Å². The van der Waals surface area contributed by atoms with Crippen LogP contribution in [0.4, 0.5) is 5.69 Å². The van der Waals surface area contributed by atoms with Crippen LogP contribution in [0.1, 0.15) is 11.1 Å². The molecule has 1 aromatic heterocycles. The Morgan fingerprint density at radius 3 is 2.50 bits per heavy atom. The molecule has 0 saturated heterocycles. The van der Waals surface area contributed by atoms with Gasteiger partial charge in [0, 0.05) is 35.0 Å². The molecule has 0 amide bonds. The maximum atomic E-state index is 5.94. The van der Waals surface area contributed by atoms with Gasteiger partial charge in [0.15, 0.2) is 0 Å². The van der Waals surface area contributed by atoms with Crippen molar-refractivity contribution in [2.45, 2.75) is 13.5 Å². The number of hydrogen-bond donors (Lipinski definition) is 1. The third-order valence-electron chi connectivity index (χ3n) is 3.91. The number of nitrogens with zero attached hydrogens (tertiary/aromatic N) is 1. The molecule has 3 nitrogen and oxygen atoms in total. The topological polar surface area (TPSA) is 34.1 Å². The van der Waals surface area contributed by atoms with Gasteiger partial charge in [-0.15, -0.1) is 0 Å². The van der Waals surface area contributed by atoms with Gasteiger partial charge in [-0.3, -0.25) is 0 Å². The number of anilines is 1. The summed E-state index contributed by atoms with van der Waals surface area (Å²) in [6.07, 6.45) is 0. The predicted molar refractivity (Wildman–Crippen MR) is 99.7 cm³/mol. The van der Waals surface area contributed by atoms with Gasteiger partial charge >= 0.3 is 0 Å². The minimum atomic E-state index is 0.472. The Morgan fingerprint density at radius 1 is 1.00 bits per heavy atom. The zero-order chi connectivity index (χ0) is 16.9. The molecule has 0 aliphatic carbocycles. The monoisotopic (exact) mass is 338 g/mol. The summed E-state index contributed by atoms with van der Waals surface area (Å²) >= 11 is 5.94. The van der Waals surface area contributed by atoms with E-state index >= 15 is 0 Å². The minimum Gasteiger partial charge on any atom is -0.473 e. The van der Waals surface area contributed by atoms with Gasteiger partial charge in [0.1, 0.15) is 6.61 Å². The highest BCUT2D eigenvalue weighted by Crippen LogP contribution is 2.24. The van der Waals surface area contributed by atoms with E-state index < -0.39 is 0 Å². The summed E-state index contributed by atoms with van der Waals surface area (Å²) in [7, 11) is 1.91. The quantitative estimate of drug-likeness (QED) is 0.682. The first-order valence-corrected chi connectivity index (χ1v) is 8.17. The van der Waals surface area contributed by atoms with Crippen molar-refractivity contribution >= 4 is 17.3 Å². The van der Waals surface area contributed by atoms with Crippen LogP contribution in [-0.2, 0) is 6.61 Å². The fraction of sp³-hybridized carbons (Fsp3) is 0.150. The third kappa shape index (κ3) is 3.69. The molecule has 0 spiro atoms. The van der Waals surface area contributed by atoms with Crippen LogP contribution in [0.5, 0.6) is 5.88 Å². The summed E-state index contributed by atoms with van der Waals surface area (Å²) in [4.78, 5) is 4.59. The number of hydrogen-bond acceptors (Lipinski definition) is 3. The molecule has 0 bridgehead atoms. The van der Waals surface area contributed by atoms with Crippen molar-refractivity contribution in [3.8, 4) is 17.1 Å². The van der Waals surface area contributed by atoms with Crippen molar-refractivity contribution in [2.75, 3.05) is 12.4 Å². The van der Waals surface area contributed by atoms with Crippen LogP contribution in [0, 0.1) is 6.92 Å². The van der Waals surface area contributed by atoms with Crippen LogP contribution >= 0.6 is 11.6 Å². The Kier molecular flexibility index (Phi) is 5.02. The number of aromatic nitrogens is 1. The highest BCUT2D eigenvalue weighted by atomic mass is 35.5. The van der Waals surface area contributed by atoms with E-state index in [4.69, 9.17) is 16.3 Å². The average Bonchev–Trinajstić information content (AvgIpc) is 2.61. The zero-order valence-corrected chi connectivity index (χ0v) is 14.5. The fourth-order valence-electron chi connectivity index (χ4n) is 2.55. The van der Waals surface area contributed by atoms with Crippen LogP contribution in [0.15, 0.2) is 60.7 Å². The number of rotatable bonds is 5. The Bertz CT molecular complexity index is 831. The first-order valence-electron chi connectivity index (χ1n) is 7.79. The molecule has 0 aliphatic rings.